The smallest absolute Gasteiger partial charge is 0.241 e. The standard InChI is InChI=1S/C13H17N5OS.ClH/c1-20-9-6-12(14)13(19)16-10-2-4-11(5-3-10)18-8-7-15-17-18;/h2-5,7-8,12H,6,9,14H2,1H3,(H,16,19);1H/t12-;/m0./s1. The molecule has 0 saturated heterocycles. The molecule has 1 atom stereocenters. The van der Waals surface area contributed by atoms with Crippen molar-refractivity contribution in [1.82, 2.24) is 15.0 Å². The van der Waals surface area contributed by atoms with E-state index < -0.39 is 6.04 Å². The average Bonchev–Trinajstić information content (AvgIpc) is 2.99. The summed E-state index contributed by atoms with van der Waals surface area (Å²) in [4.78, 5) is 11.9. The van der Waals surface area contributed by atoms with Crippen molar-refractivity contribution in [2.75, 3.05) is 17.3 Å². The van der Waals surface area contributed by atoms with Gasteiger partial charge >= 0.3 is 0 Å². The third-order valence-corrected chi connectivity index (χ3v) is 3.44. The Labute approximate surface area is 133 Å². The second-order valence-electron chi connectivity index (χ2n) is 4.27. The molecule has 21 heavy (non-hydrogen) atoms. The van der Waals surface area contributed by atoms with Crippen LogP contribution in [0.25, 0.3) is 5.69 Å². The number of rotatable bonds is 6. The van der Waals surface area contributed by atoms with Crippen LogP contribution >= 0.6 is 24.2 Å². The first-order valence-electron chi connectivity index (χ1n) is 6.23. The lowest BCUT2D eigenvalue weighted by atomic mass is 10.2. The van der Waals surface area contributed by atoms with E-state index in [0.29, 0.717) is 6.42 Å². The molecule has 0 radical (unpaired) electrons. The molecular formula is C13H18ClN5OS. The number of carbonyl (C=O) groups is 1. The molecule has 2 rings (SSSR count). The van der Waals surface area contributed by atoms with E-state index in [4.69, 9.17) is 5.73 Å². The Morgan fingerprint density at radius 1 is 1.43 bits per heavy atom. The number of halogens is 1. The van der Waals surface area contributed by atoms with Gasteiger partial charge in [-0.25, -0.2) is 4.68 Å². The number of nitrogens with two attached hydrogens (primary N) is 1. The first-order valence-corrected chi connectivity index (χ1v) is 7.62. The molecule has 1 heterocycles. The number of nitrogens with one attached hydrogen (secondary N) is 1. The molecule has 3 N–H and O–H groups in total. The zero-order valence-corrected chi connectivity index (χ0v) is 13.2. The van der Waals surface area contributed by atoms with Gasteiger partial charge in [-0.1, -0.05) is 5.21 Å². The number of nitrogens with zero attached hydrogens (tertiary/aromatic N) is 3. The second-order valence-corrected chi connectivity index (χ2v) is 5.26. The lowest BCUT2D eigenvalue weighted by molar-refractivity contribution is -0.117. The number of hydrogen-bond acceptors (Lipinski definition) is 5. The highest BCUT2D eigenvalue weighted by Gasteiger charge is 2.12. The van der Waals surface area contributed by atoms with Crippen molar-refractivity contribution in [3.8, 4) is 5.69 Å². The Hall–Kier alpha value is -1.57. The van der Waals surface area contributed by atoms with Crippen molar-refractivity contribution in [3.05, 3.63) is 36.7 Å². The maximum Gasteiger partial charge on any atom is 0.241 e. The highest BCUT2D eigenvalue weighted by molar-refractivity contribution is 7.98. The normalized spacial score (nSPS) is 11.5. The van der Waals surface area contributed by atoms with Crippen LogP contribution in [-0.2, 0) is 4.79 Å². The molecular weight excluding hydrogens is 310 g/mol. The van der Waals surface area contributed by atoms with E-state index in [2.05, 4.69) is 15.6 Å². The fourth-order valence-corrected chi connectivity index (χ4v) is 2.14. The van der Waals surface area contributed by atoms with Crippen LogP contribution in [-0.4, -0.2) is 39.0 Å². The third kappa shape index (κ3) is 5.04. The summed E-state index contributed by atoms with van der Waals surface area (Å²) >= 11 is 1.68. The summed E-state index contributed by atoms with van der Waals surface area (Å²) in [5.41, 5.74) is 7.41. The average molecular weight is 328 g/mol. The number of carbonyl (C=O) groups excluding carboxylic acids is 1. The van der Waals surface area contributed by atoms with Crippen LogP contribution in [0.4, 0.5) is 5.69 Å². The zero-order valence-electron chi connectivity index (χ0n) is 11.6. The van der Waals surface area contributed by atoms with E-state index >= 15 is 0 Å². The minimum atomic E-state index is -0.475. The molecule has 1 amide bonds. The Morgan fingerprint density at radius 2 is 2.14 bits per heavy atom. The SMILES string of the molecule is CSCC[C@H](N)C(=O)Nc1ccc(-n2ccnn2)cc1.Cl. The van der Waals surface area contributed by atoms with Gasteiger partial charge in [-0.2, -0.15) is 11.8 Å². The van der Waals surface area contributed by atoms with Crippen LogP contribution in [0.3, 0.4) is 0 Å². The summed E-state index contributed by atoms with van der Waals surface area (Å²) in [5, 5.41) is 10.4. The van der Waals surface area contributed by atoms with Crippen LogP contribution < -0.4 is 11.1 Å². The van der Waals surface area contributed by atoms with E-state index in [1.807, 2.05) is 30.5 Å². The fraction of sp³-hybridized carbons (Fsp3) is 0.308. The van der Waals surface area contributed by atoms with Crippen molar-refractivity contribution in [2.24, 2.45) is 5.73 Å². The quantitative estimate of drug-likeness (QED) is 0.843. The molecule has 0 aliphatic heterocycles. The van der Waals surface area contributed by atoms with Crippen LogP contribution in [0.1, 0.15) is 6.42 Å². The first-order chi connectivity index (χ1) is 9.70. The lowest BCUT2D eigenvalue weighted by Crippen LogP contribution is -2.36. The van der Waals surface area contributed by atoms with Crippen LogP contribution in [0, 0.1) is 0 Å². The maximum absolute atomic E-state index is 11.9. The monoisotopic (exact) mass is 327 g/mol. The van der Waals surface area contributed by atoms with Gasteiger partial charge in [0.05, 0.1) is 24.1 Å². The molecule has 1 aromatic carbocycles. The van der Waals surface area contributed by atoms with Gasteiger partial charge in [0.15, 0.2) is 0 Å². The Bertz CT molecular complexity index is 546. The highest BCUT2D eigenvalue weighted by Crippen LogP contribution is 2.12. The maximum atomic E-state index is 11.9. The minimum Gasteiger partial charge on any atom is -0.325 e. The van der Waals surface area contributed by atoms with Gasteiger partial charge in [-0.15, -0.1) is 17.5 Å². The summed E-state index contributed by atoms with van der Waals surface area (Å²) in [7, 11) is 0. The number of benzene rings is 1. The van der Waals surface area contributed by atoms with Crippen LogP contribution in [0.15, 0.2) is 36.7 Å². The second kappa shape index (κ2) is 8.66. The Kier molecular flexibility index (Phi) is 7.21. The number of hydrogen-bond donors (Lipinski definition) is 2. The van der Waals surface area contributed by atoms with Gasteiger partial charge in [0, 0.05) is 5.69 Å². The summed E-state index contributed by atoms with van der Waals surface area (Å²) in [6, 6.07) is 6.87. The van der Waals surface area contributed by atoms with Crippen LogP contribution in [0.5, 0.6) is 0 Å². The van der Waals surface area contributed by atoms with E-state index in [0.717, 1.165) is 17.1 Å². The van der Waals surface area contributed by atoms with Gasteiger partial charge in [0.2, 0.25) is 5.91 Å². The van der Waals surface area contributed by atoms with E-state index in [9.17, 15) is 4.79 Å². The number of anilines is 1. The molecule has 8 heteroatoms. The Morgan fingerprint density at radius 3 is 2.71 bits per heavy atom. The summed E-state index contributed by atoms with van der Waals surface area (Å²) in [5.74, 6) is 0.715. The molecule has 2 aromatic rings. The topological polar surface area (TPSA) is 85.8 Å². The third-order valence-electron chi connectivity index (χ3n) is 2.79. The molecule has 0 saturated carbocycles. The Balaban J connectivity index is 0.00000220. The molecule has 0 bridgehead atoms. The van der Waals surface area contributed by atoms with Gasteiger partial charge < -0.3 is 11.1 Å². The zero-order chi connectivity index (χ0) is 14.4. The van der Waals surface area contributed by atoms with E-state index in [1.54, 1.807) is 28.8 Å². The summed E-state index contributed by atoms with van der Waals surface area (Å²) in [6.07, 6.45) is 6.03. The van der Waals surface area contributed by atoms with Gasteiger partial charge in [-0.05, 0) is 42.7 Å². The van der Waals surface area contributed by atoms with Gasteiger partial charge in [0.25, 0.3) is 0 Å². The fourth-order valence-electron chi connectivity index (χ4n) is 1.65. The molecule has 0 unspecified atom stereocenters. The minimum absolute atomic E-state index is 0. The first kappa shape index (κ1) is 17.5. The predicted molar refractivity (Wildman–Crippen MR) is 88.2 cm³/mol. The number of amides is 1. The molecule has 0 aliphatic rings. The van der Waals surface area contributed by atoms with Gasteiger partial charge in [0.1, 0.15) is 0 Å². The van der Waals surface area contributed by atoms with Crippen molar-refractivity contribution < 1.29 is 4.79 Å². The van der Waals surface area contributed by atoms with Crippen molar-refractivity contribution in [1.29, 1.82) is 0 Å². The summed E-state index contributed by atoms with van der Waals surface area (Å²) in [6.45, 7) is 0. The molecule has 6 nitrogen and oxygen atoms in total. The molecule has 0 spiro atoms. The molecule has 114 valence electrons. The lowest BCUT2D eigenvalue weighted by Gasteiger charge is -2.12. The predicted octanol–water partition coefficient (Wildman–Crippen LogP) is 1.71. The van der Waals surface area contributed by atoms with Crippen LogP contribution in [0.2, 0.25) is 0 Å². The highest BCUT2D eigenvalue weighted by atomic mass is 35.5. The molecule has 1 aromatic heterocycles. The molecule has 0 aliphatic carbocycles. The largest absolute Gasteiger partial charge is 0.325 e. The molecule has 0 fully saturated rings. The van der Waals surface area contributed by atoms with Gasteiger partial charge in [-0.3, -0.25) is 4.79 Å². The number of aromatic nitrogens is 3. The van der Waals surface area contributed by atoms with Crippen molar-refractivity contribution >= 4 is 35.8 Å². The summed E-state index contributed by atoms with van der Waals surface area (Å²) < 4.78 is 1.65. The van der Waals surface area contributed by atoms with E-state index in [1.165, 1.54) is 0 Å². The number of thioether (sulfide) groups is 1. The van der Waals surface area contributed by atoms with E-state index in [-0.39, 0.29) is 18.3 Å². The van der Waals surface area contributed by atoms with Crippen molar-refractivity contribution in [3.63, 3.8) is 0 Å². The van der Waals surface area contributed by atoms with Crippen molar-refractivity contribution in [2.45, 2.75) is 12.5 Å².